The number of fused-ring (bicyclic) bond motifs is 3. The summed E-state index contributed by atoms with van der Waals surface area (Å²) in [4.78, 5) is 42.8. The lowest BCUT2D eigenvalue weighted by Crippen LogP contribution is -2.41. The van der Waals surface area contributed by atoms with E-state index in [-0.39, 0.29) is 23.8 Å². The molecule has 9 nitrogen and oxygen atoms in total. The molecule has 0 spiro atoms. The van der Waals surface area contributed by atoms with Crippen LogP contribution in [0.3, 0.4) is 0 Å². The van der Waals surface area contributed by atoms with Crippen LogP contribution >= 0.6 is 11.8 Å². The van der Waals surface area contributed by atoms with E-state index in [2.05, 4.69) is 28.6 Å². The van der Waals surface area contributed by atoms with E-state index in [1.54, 1.807) is 10.8 Å². The summed E-state index contributed by atoms with van der Waals surface area (Å²) in [6, 6.07) is 18.8. The van der Waals surface area contributed by atoms with Crippen LogP contribution in [0.2, 0.25) is 0 Å². The van der Waals surface area contributed by atoms with Gasteiger partial charge in [0, 0.05) is 71.9 Å². The van der Waals surface area contributed by atoms with Gasteiger partial charge in [-0.1, -0.05) is 49.7 Å². The Bertz CT molecular complexity index is 1820. The van der Waals surface area contributed by atoms with Gasteiger partial charge in [0.25, 0.3) is 0 Å². The molecule has 2 unspecified atom stereocenters. The normalized spacial score (nSPS) is 19.6. The first kappa shape index (κ1) is 31.4. The van der Waals surface area contributed by atoms with Crippen molar-refractivity contribution in [2.45, 2.75) is 51.1 Å². The Morgan fingerprint density at radius 1 is 1.04 bits per heavy atom. The standard InChI is InChI=1S/C31H30N4O2.C5H8N2OS/c1-2-3-11-30(36)34-16-13-22(14-17-34)31(37)35-21-28(27-9-4-5-10-29(27)35)25(19-32)18-23-7-6-8-24-20-33-15-12-26(23)24;8-5-6-3-1-9-2-4(3)7-5/h4-10,12,15,18,20-22H,2-3,11,13-14,16-17H2,1H3;3-4H,1-2H2,(H2,6,7,8)/b25-18+;. The fraction of sp³-hybridized carbons (Fsp3) is 0.361. The van der Waals surface area contributed by atoms with Gasteiger partial charge in [-0.2, -0.15) is 17.0 Å². The van der Waals surface area contributed by atoms with E-state index in [4.69, 9.17) is 0 Å². The van der Waals surface area contributed by atoms with Gasteiger partial charge >= 0.3 is 6.03 Å². The third-order valence-corrected chi connectivity index (χ3v) is 10.2. The Morgan fingerprint density at radius 3 is 2.54 bits per heavy atom. The molecule has 46 heavy (non-hydrogen) atoms. The zero-order chi connectivity index (χ0) is 32.0. The first-order valence-electron chi connectivity index (χ1n) is 16.0. The lowest BCUT2D eigenvalue weighted by Gasteiger charge is -2.31. The fourth-order valence-corrected chi connectivity index (χ4v) is 7.73. The van der Waals surface area contributed by atoms with Crippen molar-refractivity contribution in [3.8, 4) is 6.07 Å². The number of para-hydroxylation sites is 1. The van der Waals surface area contributed by atoms with E-state index < -0.39 is 0 Å². The average Bonchev–Trinajstić information content (AvgIpc) is 3.80. The molecule has 0 bridgehead atoms. The van der Waals surface area contributed by atoms with Crippen molar-refractivity contribution >= 4 is 62.9 Å². The van der Waals surface area contributed by atoms with Crippen LogP contribution in [0.5, 0.6) is 0 Å². The van der Waals surface area contributed by atoms with E-state index in [0.29, 0.717) is 50.0 Å². The van der Waals surface area contributed by atoms with Crippen molar-refractivity contribution in [3.05, 3.63) is 78.2 Å². The second kappa shape index (κ2) is 14.2. The van der Waals surface area contributed by atoms with Gasteiger partial charge in [-0.3, -0.25) is 19.1 Å². The average molecular weight is 635 g/mol. The summed E-state index contributed by atoms with van der Waals surface area (Å²) in [6.07, 6.45) is 11.1. The molecule has 5 heterocycles. The van der Waals surface area contributed by atoms with Crippen molar-refractivity contribution in [1.29, 1.82) is 5.26 Å². The zero-order valence-corrected chi connectivity index (χ0v) is 26.8. The first-order valence-corrected chi connectivity index (χ1v) is 17.1. The Hall–Kier alpha value is -4.62. The first-order chi connectivity index (χ1) is 22.5. The number of urea groups is 1. The van der Waals surface area contributed by atoms with Crippen molar-refractivity contribution < 1.29 is 14.4 Å². The molecule has 3 amide bonds. The number of amides is 3. The van der Waals surface area contributed by atoms with Gasteiger partial charge in [0.1, 0.15) is 0 Å². The molecule has 0 radical (unpaired) electrons. The van der Waals surface area contributed by atoms with Crippen LogP contribution in [0, 0.1) is 17.2 Å². The van der Waals surface area contributed by atoms with E-state index in [0.717, 1.165) is 57.1 Å². The number of nitrogens with one attached hydrogen (secondary N) is 2. The number of likely N-dealkylation sites (tertiary alicyclic amines) is 1. The van der Waals surface area contributed by atoms with Gasteiger partial charge in [0.2, 0.25) is 11.8 Å². The topological polar surface area (TPSA) is 120 Å². The number of carbonyl (C=O) groups excluding carboxylic acids is 3. The maximum absolute atomic E-state index is 13.7. The minimum absolute atomic E-state index is 0.00491. The van der Waals surface area contributed by atoms with E-state index in [9.17, 15) is 19.6 Å². The van der Waals surface area contributed by atoms with Gasteiger partial charge in [0.15, 0.2) is 0 Å². The van der Waals surface area contributed by atoms with Crippen molar-refractivity contribution in [1.82, 2.24) is 25.1 Å². The number of allylic oxidation sites excluding steroid dienone is 1. The molecule has 0 aliphatic carbocycles. The van der Waals surface area contributed by atoms with Gasteiger partial charge in [0.05, 0.1) is 29.2 Å². The Balaban J connectivity index is 0.000000352. The number of piperidine rings is 1. The molecule has 3 aliphatic rings. The van der Waals surface area contributed by atoms with Crippen LogP contribution in [0.1, 0.15) is 54.9 Å². The van der Waals surface area contributed by atoms with E-state index in [1.807, 2.05) is 83.7 Å². The number of nitrogens with zero attached hydrogens (tertiary/aromatic N) is 4. The highest BCUT2D eigenvalue weighted by Gasteiger charge is 2.35. The molecule has 4 aromatic rings. The van der Waals surface area contributed by atoms with Crippen LogP contribution in [0.4, 0.5) is 4.79 Å². The van der Waals surface area contributed by atoms with Crippen LogP contribution in [0.25, 0.3) is 33.3 Å². The maximum Gasteiger partial charge on any atom is 0.315 e. The van der Waals surface area contributed by atoms with Crippen LogP contribution in [-0.4, -0.2) is 69.0 Å². The molecule has 2 aromatic carbocycles. The summed E-state index contributed by atoms with van der Waals surface area (Å²) in [5.41, 5.74) is 2.97. The summed E-state index contributed by atoms with van der Waals surface area (Å²) >= 11 is 1.89. The predicted octanol–water partition coefficient (Wildman–Crippen LogP) is 6.11. The smallest absolute Gasteiger partial charge is 0.315 e. The second-order valence-corrected chi connectivity index (χ2v) is 13.1. The molecule has 2 atom stereocenters. The SMILES string of the molecule is CCCCC(=O)N1CCC(C(=O)n2cc(/C(C#N)=C/c3cccc4cnccc34)c3ccccc32)CC1.O=C1NC2CSCC2N1. The predicted molar refractivity (Wildman–Crippen MR) is 183 cm³/mol. The van der Waals surface area contributed by atoms with Gasteiger partial charge < -0.3 is 15.5 Å². The van der Waals surface area contributed by atoms with E-state index in [1.165, 1.54) is 0 Å². The largest absolute Gasteiger partial charge is 0.343 e. The number of pyridine rings is 1. The summed E-state index contributed by atoms with van der Waals surface area (Å²) in [5.74, 6) is 2.21. The molecule has 3 aliphatic heterocycles. The second-order valence-electron chi connectivity index (χ2n) is 12.0. The third kappa shape index (κ3) is 6.65. The maximum atomic E-state index is 13.7. The highest BCUT2D eigenvalue weighted by Crippen LogP contribution is 2.32. The Labute approximate surface area is 273 Å². The number of hydrogen-bond acceptors (Lipinski definition) is 6. The van der Waals surface area contributed by atoms with Crippen molar-refractivity contribution in [3.63, 3.8) is 0 Å². The number of nitriles is 1. The van der Waals surface area contributed by atoms with Crippen molar-refractivity contribution in [2.75, 3.05) is 24.6 Å². The summed E-state index contributed by atoms with van der Waals surface area (Å²) in [6.45, 7) is 3.31. The fourth-order valence-electron chi connectivity index (χ4n) is 6.45. The minimum atomic E-state index is -0.154. The van der Waals surface area contributed by atoms with E-state index >= 15 is 0 Å². The molecule has 7 rings (SSSR count). The monoisotopic (exact) mass is 634 g/mol. The summed E-state index contributed by atoms with van der Waals surface area (Å²) in [5, 5.41) is 18.7. The molecule has 0 saturated carbocycles. The quantitative estimate of drug-likeness (QED) is 0.195. The highest BCUT2D eigenvalue weighted by atomic mass is 32.2. The molecule has 3 saturated heterocycles. The van der Waals surface area contributed by atoms with Crippen LogP contribution in [-0.2, 0) is 4.79 Å². The number of rotatable bonds is 6. The Kier molecular flexibility index (Phi) is 9.69. The Morgan fingerprint density at radius 2 is 1.80 bits per heavy atom. The van der Waals surface area contributed by atoms with Gasteiger partial charge in [-0.15, -0.1) is 0 Å². The van der Waals surface area contributed by atoms with Gasteiger partial charge in [-0.25, -0.2) is 4.79 Å². The zero-order valence-electron chi connectivity index (χ0n) is 25.9. The van der Waals surface area contributed by atoms with Gasteiger partial charge in [-0.05, 0) is 48.4 Å². The summed E-state index contributed by atoms with van der Waals surface area (Å²) in [7, 11) is 0. The number of aromatic nitrogens is 2. The summed E-state index contributed by atoms with van der Waals surface area (Å²) < 4.78 is 1.71. The molecule has 3 fully saturated rings. The third-order valence-electron chi connectivity index (χ3n) is 9.03. The molecular formula is C36H38N6O3S. The lowest BCUT2D eigenvalue weighted by molar-refractivity contribution is -0.132. The highest BCUT2D eigenvalue weighted by molar-refractivity contribution is 7.99. The molecule has 10 heteroatoms. The molecule has 236 valence electrons. The number of unbranched alkanes of at least 4 members (excludes halogenated alkanes) is 1. The minimum Gasteiger partial charge on any atom is -0.343 e. The molecule has 2 N–H and O–H groups in total. The van der Waals surface area contributed by atoms with Crippen LogP contribution < -0.4 is 10.6 Å². The molecular weight excluding hydrogens is 597 g/mol. The number of hydrogen-bond donors (Lipinski definition) is 2. The van der Waals surface area contributed by atoms with Crippen LogP contribution in [0.15, 0.2) is 67.1 Å². The molecule has 2 aromatic heterocycles. The number of thioether (sulfide) groups is 1. The lowest BCUT2D eigenvalue weighted by atomic mass is 9.95. The van der Waals surface area contributed by atoms with Crippen molar-refractivity contribution in [2.24, 2.45) is 5.92 Å². The number of carbonyl (C=O) groups is 3. The number of benzene rings is 2.